The number of fused-ring (bicyclic) bond motifs is 2. The predicted molar refractivity (Wildman–Crippen MR) is 112 cm³/mol. The van der Waals surface area contributed by atoms with Crippen LogP contribution in [-0.4, -0.2) is 30.1 Å². The molecule has 28 heavy (non-hydrogen) atoms. The molecule has 2 heterocycles. The molecule has 0 saturated carbocycles. The number of phenolic OH excluding ortho intramolecular Hbond substituents is 2. The normalized spacial score (nSPS) is 12.5. The lowest BCUT2D eigenvalue weighted by Crippen LogP contribution is -2.17. The SMILES string of the molecule is CCC(C)(C)c1nc2cc3nc(-c4cc(O)c(C(C)C)cc4O)[nH]c3cc2[nH]1. The molecule has 0 radical (unpaired) electrons. The van der Waals surface area contributed by atoms with Crippen LogP contribution in [0, 0.1) is 0 Å². The van der Waals surface area contributed by atoms with Crippen molar-refractivity contribution in [2.45, 2.75) is 52.4 Å². The maximum Gasteiger partial charge on any atom is 0.142 e. The van der Waals surface area contributed by atoms with Gasteiger partial charge in [-0.3, -0.25) is 0 Å². The van der Waals surface area contributed by atoms with Crippen molar-refractivity contribution in [1.82, 2.24) is 19.9 Å². The highest BCUT2D eigenvalue weighted by Crippen LogP contribution is 2.37. The van der Waals surface area contributed by atoms with Crippen molar-refractivity contribution in [3.63, 3.8) is 0 Å². The average Bonchev–Trinajstić information content (AvgIpc) is 3.24. The highest BCUT2D eigenvalue weighted by atomic mass is 16.3. The van der Waals surface area contributed by atoms with E-state index in [4.69, 9.17) is 4.98 Å². The Hall–Kier alpha value is -3.02. The minimum Gasteiger partial charge on any atom is -0.508 e. The van der Waals surface area contributed by atoms with Gasteiger partial charge < -0.3 is 20.2 Å². The van der Waals surface area contributed by atoms with Gasteiger partial charge in [0.1, 0.15) is 23.1 Å². The second kappa shape index (κ2) is 6.26. The molecule has 0 unspecified atom stereocenters. The van der Waals surface area contributed by atoms with Gasteiger partial charge in [-0.25, -0.2) is 9.97 Å². The van der Waals surface area contributed by atoms with Crippen molar-refractivity contribution in [2.24, 2.45) is 0 Å². The van der Waals surface area contributed by atoms with Crippen LogP contribution in [0.5, 0.6) is 11.5 Å². The van der Waals surface area contributed by atoms with E-state index in [0.29, 0.717) is 17.0 Å². The number of aromatic amines is 2. The fraction of sp³-hybridized carbons (Fsp3) is 0.364. The summed E-state index contributed by atoms with van der Waals surface area (Å²) in [5, 5.41) is 20.8. The molecule has 0 bridgehead atoms. The number of nitrogens with zero attached hydrogens (tertiary/aromatic N) is 2. The van der Waals surface area contributed by atoms with E-state index >= 15 is 0 Å². The van der Waals surface area contributed by atoms with Crippen molar-refractivity contribution in [3.05, 3.63) is 35.7 Å². The van der Waals surface area contributed by atoms with E-state index < -0.39 is 0 Å². The molecule has 0 atom stereocenters. The lowest BCUT2D eigenvalue weighted by atomic mass is 9.90. The third kappa shape index (κ3) is 2.89. The lowest BCUT2D eigenvalue weighted by Gasteiger charge is -2.18. The number of rotatable bonds is 4. The smallest absolute Gasteiger partial charge is 0.142 e. The monoisotopic (exact) mass is 378 g/mol. The molecular formula is C22H26N4O2. The standard InChI is InChI=1S/C22H26N4O2/c1-6-22(4,5)21-25-16-9-14-15(10-17(16)26-21)24-20(23-14)13-8-18(27)12(11(2)3)7-19(13)28/h7-11,27-28H,6H2,1-5H3,(H,23,24)(H,25,26). The maximum absolute atomic E-state index is 10.5. The van der Waals surface area contributed by atoms with Gasteiger partial charge in [-0.15, -0.1) is 0 Å². The zero-order valence-electron chi connectivity index (χ0n) is 16.9. The summed E-state index contributed by atoms with van der Waals surface area (Å²) in [6.07, 6.45) is 0.988. The van der Waals surface area contributed by atoms with Gasteiger partial charge in [0.2, 0.25) is 0 Å². The molecule has 4 N–H and O–H groups in total. The predicted octanol–water partition coefficient (Wildman–Crippen LogP) is 5.33. The zero-order chi connectivity index (χ0) is 20.2. The Balaban J connectivity index is 1.82. The first kappa shape index (κ1) is 18.3. The molecule has 146 valence electrons. The van der Waals surface area contributed by atoms with Crippen molar-refractivity contribution < 1.29 is 10.2 Å². The first-order valence-corrected chi connectivity index (χ1v) is 9.66. The lowest BCUT2D eigenvalue weighted by molar-refractivity contribution is 0.452. The molecule has 4 rings (SSSR count). The molecule has 0 aliphatic rings. The van der Waals surface area contributed by atoms with E-state index in [1.807, 2.05) is 26.0 Å². The molecule has 2 aromatic heterocycles. The summed E-state index contributed by atoms with van der Waals surface area (Å²) in [6, 6.07) is 7.10. The van der Waals surface area contributed by atoms with Gasteiger partial charge in [-0.1, -0.05) is 34.6 Å². The van der Waals surface area contributed by atoms with Gasteiger partial charge >= 0.3 is 0 Å². The molecule has 0 aliphatic heterocycles. The number of nitrogens with one attached hydrogen (secondary N) is 2. The van der Waals surface area contributed by atoms with E-state index in [1.54, 1.807) is 12.1 Å². The Bertz CT molecular complexity index is 1130. The van der Waals surface area contributed by atoms with Crippen LogP contribution in [0.15, 0.2) is 24.3 Å². The van der Waals surface area contributed by atoms with Gasteiger partial charge in [-0.2, -0.15) is 0 Å². The Kier molecular flexibility index (Phi) is 4.10. The van der Waals surface area contributed by atoms with Gasteiger partial charge in [-0.05, 0) is 36.6 Å². The molecule has 0 amide bonds. The average molecular weight is 378 g/mol. The molecule has 4 aromatic rings. The number of aromatic nitrogens is 4. The van der Waals surface area contributed by atoms with E-state index in [1.165, 1.54) is 0 Å². The molecule has 2 aromatic carbocycles. The Morgan fingerprint density at radius 1 is 0.929 bits per heavy atom. The summed E-state index contributed by atoms with van der Waals surface area (Å²) in [4.78, 5) is 16.0. The van der Waals surface area contributed by atoms with E-state index in [-0.39, 0.29) is 22.8 Å². The number of benzene rings is 2. The molecule has 0 aliphatic carbocycles. The molecule has 0 saturated heterocycles. The summed E-state index contributed by atoms with van der Waals surface area (Å²) in [5.74, 6) is 1.84. The number of hydrogen-bond donors (Lipinski definition) is 4. The minimum absolute atomic E-state index is 0.0210. The number of hydrogen-bond acceptors (Lipinski definition) is 4. The number of phenols is 2. The van der Waals surface area contributed by atoms with Crippen molar-refractivity contribution in [3.8, 4) is 22.9 Å². The van der Waals surface area contributed by atoms with Crippen LogP contribution in [0.2, 0.25) is 0 Å². The Morgan fingerprint density at radius 3 is 2.29 bits per heavy atom. The zero-order valence-corrected chi connectivity index (χ0v) is 16.9. The van der Waals surface area contributed by atoms with Crippen LogP contribution in [0.4, 0.5) is 0 Å². The van der Waals surface area contributed by atoms with Crippen LogP contribution in [-0.2, 0) is 5.41 Å². The highest BCUT2D eigenvalue weighted by molar-refractivity contribution is 5.93. The largest absolute Gasteiger partial charge is 0.508 e. The Labute approximate surface area is 163 Å². The fourth-order valence-corrected chi connectivity index (χ4v) is 3.38. The molecule has 0 fully saturated rings. The molecule has 0 spiro atoms. The van der Waals surface area contributed by atoms with E-state index in [9.17, 15) is 10.2 Å². The summed E-state index contributed by atoms with van der Waals surface area (Å²) in [7, 11) is 0. The van der Waals surface area contributed by atoms with E-state index in [2.05, 4.69) is 35.7 Å². The summed E-state index contributed by atoms with van der Waals surface area (Å²) in [6.45, 7) is 10.4. The van der Waals surface area contributed by atoms with Gasteiger partial charge in [0.25, 0.3) is 0 Å². The van der Waals surface area contributed by atoms with Crippen LogP contribution in [0.1, 0.15) is 58.3 Å². The molecule has 6 heteroatoms. The highest BCUT2D eigenvalue weighted by Gasteiger charge is 2.23. The number of imidazole rings is 2. The first-order chi connectivity index (χ1) is 13.2. The third-order valence-corrected chi connectivity index (χ3v) is 5.63. The summed E-state index contributed by atoms with van der Waals surface area (Å²) >= 11 is 0. The number of aromatic hydroxyl groups is 2. The van der Waals surface area contributed by atoms with Crippen LogP contribution >= 0.6 is 0 Å². The van der Waals surface area contributed by atoms with Crippen molar-refractivity contribution >= 4 is 22.1 Å². The van der Waals surface area contributed by atoms with Gasteiger partial charge in [0.05, 0.1) is 27.6 Å². The quantitative estimate of drug-likeness (QED) is 0.361. The molecule has 6 nitrogen and oxygen atoms in total. The second-order valence-corrected chi connectivity index (χ2v) is 8.38. The van der Waals surface area contributed by atoms with Gasteiger partial charge in [0.15, 0.2) is 0 Å². The van der Waals surface area contributed by atoms with Crippen molar-refractivity contribution in [1.29, 1.82) is 0 Å². The van der Waals surface area contributed by atoms with Crippen LogP contribution in [0.3, 0.4) is 0 Å². The van der Waals surface area contributed by atoms with E-state index in [0.717, 1.165) is 34.3 Å². The summed E-state index contributed by atoms with van der Waals surface area (Å²) in [5.41, 5.74) is 4.59. The van der Waals surface area contributed by atoms with Crippen molar-refractivity contribution in [2.75, 3.05) is 0 Å². The van der Waals surface area contributed by atoms with Crippen LogP contribution in [0.25, 0.3) is 33.5 Å². The minimum atomic E-state index is -0.0210. The van der Waals surface area contributed by atoms with Gasteiger partial charge in [0, 0.05) is 11.0 Å². The second-order valence-electron chi connectivity index (χ2n) is 8.38. The van der Waals surface area contributed by atoms with Crippen LogP contribution < -0.4 is 0 Å². The first-order valence-electron chi connectivity index (χ1n) is 9.66. The fourth-order valence-electron chi connectivity index (χ4n) is 3.38. The topological polar surface area (TPSA) is 97.8 Å². The third-order valence-electron chi connectivity index (χ3n) is 5.63. The Morgan fingerprint density at radius 2 is 1.61 bits per heavy atom. The number of H-pyrrole nitrogens is 2. The maximum atomic E-state index is 10.5. The summed E-state index contributed by atoms with van der Waals surface area (Å²) < 4.78 is 0. The molecular weight excluding hydrogens is 352 g/mol.